The minimum Gasteiger partial charge on any atom is -0.483 e. The second-order valence-corrected chi connectivity index (χ2v) is 6.85. The van der Waals surface area contributed by atoms with Crippen molar-refractivity contribution >= 4 is 12.4 Å². The molecule has 1 amide bonds. The van der Waals surface area contributed by atoms with Crippen molar-refractivity contribution in [3.8, 4) is 0 Å². The first-order valence-electron chi connectivity index (χ1n) is 8.32. The molecule has 1 N–H and O–H groups in total. The van der Waals surface area contributed by atoms with Crippen LogP contribution in [0.3, 0.4) is 0 Å². The number of hydrogen-bond donors (Lipinski definition) is 1. The molecule has 24 heavy (non-hydrogen) atoms. The van der Waals surface area contributed by atoms with E-state index in [9.17, 15) is 4.79 Å². The van der Waals surface area contributed by atoms with Gasteiger partial charge in [-0.3, -0.25) is 9.59 Å². The third-order valence-electron chi connectivity index (χ3n) is 5.06. The standard InChI is InChI=1S/C15H24N4O2.CH2O2/c1-15(5-8-18(2)9-6-15)14(20)19-7-3-4-12(10-19)13-16-11-21-17-13;2-1-3/h11-12H,3-10H2,1-2H3;1H,(H,2,3). The van der Waals surface area contributed by atoms with Gasteiger partial charge in [-0.2, -0.15) is 4.98 Å². The fourth-order valence-corrected chi connectivity index (χ4v) is 3.44. The molecule has 2 saturated heterocycles. The molecule has 1 unspecified atom stereocenters. The van der Waals surface area contributed by atoms with E-state index in [1.165, 1.54) is 6.39 Å². The van der Waals surface area contributed by atoms with Gasteiger partial charge in [0, 0.05) is 24.4 Å². The molecule has 2 aliphatic rings. The largest absolute Gasteiger partial charge is 0.483 e. The van der Waals surface area contributed by atoms with Crippen LogP contribution in [0, 0.1) is 5.41 Å². The number of amides is 1. The Kier molecular flexibility index (Phi) is 6.30. The fraction of sp³-hybridized carbons (Fsp3) is 0.750. The van der Waals surface area contributed by atoms with E-state index in [4.69, 9.17) is 14.4 Å². The van der Waals surface area contributed by atoms with Crippen LogP contribution in [-0.4, -0.2) is 70.7 Å². The van der Waals surface area contributed by atoms with Gasteiger partial charge in [0.05, 0.1) is 0 Å². The lowest BCUT2D eigenvalue weighted by atomic mass is 9.78. The van der Waals surface area contributed by atoms with Gasteiger partial charge in [-0.25, -0.2) is 0 Å². The second kappa shape index (κ2) is 8.23. The minimum atomic E-state index is -0.250. The first-order valence-corrected chi connectivity index (χ1v) is 8.32. The maximum atomic E-state index is 12.9. The smallest absolute Gasteiger partial charge is 0.290 e. The summed E-state index contributed by atoms with van der Waals surface area (Å²) < 4.78 is 4.84. The Labute approximate surface area is 141 Å². The minimum absolute atomic E-state index is 0.203. The molecule has 0 aliphatic carbocycles. The number of carbonyl (C=O) groups is 2. The summed E-state index contributed by atoms with van der Waals surface area (Å²) >= 11 is 0. The molecule has 0 spiro atoms. The predicted octanol–water partition coefficient (Wildman–Crippen LogP) is 1.21. The van der Waals surface area contributed by atoms with Crippen LogP contribution in [0.5, 0.6) is 0 Å². The van der Waals surface area contributed by atoms with Gasteiger partial charge in [0.1, 0.15) is 0 Å². The molecule has 1 aromatic rings. The van der Waals surface area contributed by atoms with E-state index >= 15 is 0 Å². The van der Waals surface area contributed by atoms with Crippen LogP contribution in [-0.2, 0) is 9.59 Å². The van der Waals surface area contributed by atoms with Crippen LogP contribution >= 0.6 is 0 Å². The number of piperidine rings is 2. The number of carbonyl (C=O) groups excluding carboxylic acids is 1. The highest BCUT2D eigenvalue weighted by molar-refractivity contribution is 5.82. The Morgan fingerprint density at radius 3 is 2.67 bits per heavy atom. The highest BCUT2D eigenvalue weighted by atomic mass is 16.5. The average Bonchev–Trinajstić information content (AvgIpc) is 3.12. The number of likely N-dealkylation sites (tertiary alicyclic amines) is 2. The summed E-state index contributed by atoms with van der Waals surface area (Å²) in [6.07, 6.45) is 5.31. The van der Waals surface area contributed by atoms with Gasteiger partial charge in [-0.15, -0.1) is 0 Å². The number of aromatic nitrogens is 2. The number of nitrogens with zero attached hydrogens (tertiary/aromatic N) is 4. The molecular weight excluding hydrogens is 312 g/mol. The van der Waals surface area contributed by atoms with Gasteiger partial charge in [0.25, 0.3) is 6.47 Å². The summed E-state index contributed by atoms with van der Waals surface area (Å²) in [5.74, 6) is 1.26. The van der Waals surface area contributed by atoms with Crippen molar-refractivity contribution in [2.24, 2.45) is 5.41 Å². The molecule has 8 heteroatoms. The molecule has 2 aliphatic heterocycles. The molecule has 3 rings (SSSR count). The highest BCUT2D eigenvalue weighted by Crippen LogP contribution is 2.35. The SMILES string of the molecule is CN1CCC(C)(C(=O)N2CCCC(c3ncon3)C2)CC1.O=CO. The van der Waals surface area contributed by atoms with Crippen LogP contribution in [0.1, 0.15) is 44.3 Å². The van der Waals surface area contributed by atoms with Gasteiger partial charge >= 0.3 is 0 Å². The molecule has 1 atom stereocenters. The van der Waals surface area contributed by atoms with Crippen LogP contribution in [0.25, 0.3) is 0 Å². The Balaban J connectivity index is 0.000000647. The first kappa shape index (κ1) is 18.4. The van der Waals surface area contributed by atoms with Crippen LogP contribution in [0.15, 0.2) is 10.9 Å². The number of carboxylic acid groups (broad SMARTS) is 1. The maximum Gasteiger partial charge on any atom is 0.290 e. The van der Waals surface area contributed by atoms with E-state index in [1.54, 1.807) is 0 Å². The van der Waals surface area contributed by atoms with E-state index in [-0.39, 0.29) is 17.8 Å². The van der Waals surface area contributed by atoms with Crippen LogP contribution in [0.4, 0.5) is 0 Å². The maximum absolute atomic E-state index is 12.9. The van der Waals surface area contributed by atoms with Crippen LogP contribution < -0.4 is 0 Å². The molecule has 0 aromatic carbocycles. The molecule has 0 bridgehead atoms. The molecule has 2 fully saturated rings. The highest BCUT2D eigenvalue weighted by Gasteiger charge is 2.40. The lowest BCUT2D eigenvalue weighted by Gasteiger charge is -2.42. The van der Waals surface area contributed by atoms with Crippen molar-refractivity contribution in [1.82, 2.24) is 19.9 Å². The molecule has 134 valence electrons. The zero-order valence-corrected chi connectivity index (χ0v) is 14.3. The van der Waals surface area contributed by atoms with Crippen molar-refractivity contribution in [3.05, 3.63) is 12.2 Å². The number of rotatable bonds is 2. The Morgan fingerprint density at radius 1 is 1.42 bits per heavy atom. The zero-order valence-electron chi connectivity index (χ0n) is 14.3. The first-order chi connectivity index (χ1) is 11.5. The van der Waals surface area contributed by atoms with E-state index in [0.717, 1.165) is 57.7 Å². The van der Waals surface area contributed by atoms with Crippen molar-refractivity contribution in [2.45, 2.75) is 38.5 Å². The normalized spacial score (nSPS) is 23.9. The van der Waals surface area contributed by atoms with Crippen molar-refractivity contribution in [3.63, 3.8) is 0 Å². The van der Waals surface area contributed by atoms with Gasteiger partial charge < -0.3 is 19.4 Å². The molecule has 8 nitrogen and oxygen atoms in total. The van der Waals surface area contributed by atoms with Gasteiger partial charge in [-0.05, 0) is 45.8 Å². The van der Waals surface area contributed by atoms with E-state index < -0.39 is 0 Å². The molecule has 0 saturated carbocycles. The third-order valence-corrected chi connectivity index (χ3v) is 5.06. The second-order valence-electron chi connectivity index (χ2n) is 6.85. The molecule has 1 aromatic heterocycles. The summed E-state index contributed by atoms with van der Waals surface area (Å²) in [4.78, 5) is 29.8. The Morgan fingerprint density at radius 2 is 2.08 bits per heavy atom. The van der Waals surface area contributed by atoms with Gasteiger partial charge in [0.15, 0.2) is 5.82 Å². The monoisotopic (exact) mass is 338 g/mol. The van der Waals surface area contributed by atoms with Crippen molar-refractivity contribution in [1.29, 1.82) is 0 Å². The molecular formula is C16H26N4O4. The quantitative estimate of drug-likeness (QED) is 0.809. The summed E-state index contributed by atoms with van der Waals surface area (Å²) in [6, 6.07) is 0. The summed E-state index contributed by atoms with van der Waals surface area (Å²) in [5, 5.41) is 10.8. The zero-order chi connectivity index (χ0) is 17.6. The van der Waals surface area contributed by atoms with E-state index in [0.29, 0.717) is 5.91 Å². The summed E-state index contributed by atoms with van der Waals surface area (Å²) in [6.45, 7) is 5.47. The van der Waals surface area contributed by atoms with Crippen LogP contribution in [0.2, 0.25) is 0 Å². The Hall–Kier alpha value is -1.96. The lowest BCUT2D eigenvalue weighted by Crippen LogP contribution is -2.50. The predicted molar refractivity (Wildman–Crippen MR) is 86.4 cm³/mol. The number of hydrogen-bond acceptors (Lipinski definition) is 6. The van der Waals surface area contributed by atoms with Crippen molar-refractivity contribution in [2.75, 3.05) is 33.2 Å². The lowest BCUT2D eigenvalue weighted by molar-refractivity contribution is -0.145. The van der Waals surface area contributed by atoms with E-state index in [1.807, 2.05) is 4.90 Å². The van der Waals surface area contributed by atoms with Crippen molar-refractivity contribution < 1.29 is 19.2 Å². The Bertz CT molecular complexity index is 526. The fourth-order valence-electron chi connectivity index (χ4n) is 3.44. The summed E-state index contributed by atoms with van der Waals surface area (Å²) in [5.41, 5.74) is -0.203. The molecule has 0 radical (unpaired) electrons. The molecule has 3 heterocycles. The van der Waals surface area contributed by atoms with Gasteiger partial charge in [-0.1, -0.05) is 12.1 Å². The van der Waals surface area contributed by atoms with E-state index in [2.05, 4.69) is 29.0 Å². The topological polar surface area (TPSA) is 99.8 Å². The third kappa shape index (κ3) is 4.31. The summed E-state index contributed by atoms with van der Waals surface area (Å²) in [7, 11) is 2.12. The van der Waals surface area contributed by atoms with Gasteiger partial charge in [0.2, 0.25) is 12.3 Å². The average molecular weight is 338 g/mol.